The van der Waals surface area contributed by atoms with Crippen molar-refractivity contribution in [2.75, 3.05) is 5.73 Å². The predicted octanol–water partition coefficient (Wildman–Crippen LogP) is 1.66. The fourth-order valence-electron chi connectivity index (χ4n) is 1.13. The van der Waals surface area contributed by atoms with Crippen LogP contribution >= 0.6 is 0 Å². The van der Waals surface area contributed by atoms with Gasteiger partial charge in [0.15, 0.2) is 0 Å². The van der Waals surface area contributed by atoms with Crippen LogP contribution in [0.1, 0.15) is 26.5 Å². The van der Waals surface area contributed by atoms with E-state index in [0.717, 1.165) is 0 Å². The van der Waals surface area contributed by atoms with Crippen LogP contribution in [0.3, 0.4) is 0 Å². The second-order valence-electron chi connectivity index (χ2n) is 4.18. The van der Waals surface area contributed by atoms with Crippen LogP contribution in [0, 0.1) is 11.3 Å². The molecule has 1 aromatic heterocycles. The van der Waals surface area contributed by atoms with Gasteiger partial charge in [-0.2, -0.15) is 5.26 Å². The highest BCUT2D eigenvalue weighted by molar-refractivity contribution is 5.55. The molecule has 0 radical (unpaired) electrons. The zero-order valence-electron chi connectivity index (χ0n) is 8.96. The van der Waals surface area contributed by atoms with Crippen molar-refractivity contribution in [3.63, 3.8) is 0 Å². The molecule has 1 heterocycles. The van der Waals surface area contributed by atoms with Gasteiger partial charge in [-0.1, -0.05) is 0 Å². The Labute approximate surface area is 83.9 Å². The SMILES string of the molecule is Cn1c(C#N)cc(N)c1OC(C)(C)C. The van der Waals surface area contributed by atoms with E-state index < -0.39 is 0 Å². The van der Waals surface area contributed by atoms with Gasteiger partial charge in [0.2, 0.25) is 5.88 Å². The molecule has 0 aliphatic rings. The topological polar surface area (TPSA) is 64.0 Å². The number of hydrogen-bond donors (Lipinski definition) is 1. The van der Waals surface area contributed by atoms with Gasteiger partial charge in [0.1, 0.15) is 17.4 Å². The summed E-state index contributed by atoms with van der Waals surface area (Å²) in [5, 5.41) is 8.77. The molecule has 4 heteroatoms. The van der Waals surface area contributed by atoms with Crippen LogP contribution in [-0.4, -0.2) is 10.2 Å². The molecule has 0 aliphatic heterocycles. The number of nitrogens with two attached hydrogens (primary N) is 1. The number of anilines is 1. The maximum absolute atomic E-state index is 8.77. The Hall–Kier alpha value is -1.63. The molecule has 14 heavy (non-hydrogen) atoms. The molecule has 0 spiro atoms. The third-order valence-corrected chi connectivity index (χ3v) is 1.72. The normalized spacial score (nSPS) is 11.1. The van der Waals surface area contributed by atoms with Crippen LogP contribution in [0.4, 0.5) is 5.69 Å². The fourth-order valence-corrected chi connectivity index (χ4v) is 1.13. The standard InChI is InChI=1S/C10H15N3O/c1-10(2,3)14-9-8(12)5-7(6-11)13(9)4/h5H,12H2,1-4H3. The van der Waals surface area contributed by atoms with Crippen LogP contribution < -0.4 is 10.5 Å². The lowest BCUT2D eigenvalue weighted by atomic mass is 10.2. The molecule has 1 aromatic rings. The largest absolute Gasteiger partial charge is 0.472 e. The third kappa shape index (κ3) is 1.99. The molecule has 2 N–H and O–H groups in total. The molecule has 0 saturated heterocycles. The lowest BCUT2D eigenvalue weighted by molar-refractivity contribution is 0.120. The van der Waals surface area contributed by atoms with E-state index in [1.807, 2.05) is 26.8 Å². The zero-order chi connectivity index (χ0) is 10.9. The Morgan fingerprint density at radius 3 is 2.43 bits per heavy atom. The Bertz CT molecular complexity index is 379. The highest BCUT2D eigenvalue weighted by Crippen LogP contribution is 2.28. The number of nitrogen functional groups attached to an aromatic ring is 1. The molecule has 0 unspecified atom stereocenters. The molecule has 0 aliphatic carbocycles. The Morgan fingerprint density at radius 1 is 1.50 bits per heavy atom. The minimum Gasteiger partial charge on any atom is -0.472 e. The van der Waals surface area contributed by atoms with Gasteiger partial charge in [-0.15, -0.1) is 0 Å². The summed E-state index contributed by atoms with van der Waals surface area (Å²) in [6, 6.07) is 3.66. The summed E-state index contributed by atoms with van der Waals surface area (Å²) in [5.41, 5.74) is 6.42. The lowest BCUT2D eigenvalue weighted by Crippen LogP contribution is -2.24. The summed E-state index contributed by atoms with van der Waals surface area (Å²) in [6.45, 7) is 5.81. The molecular formula is C10H15N3O. The van der Waals surface area contributed by atoms with Crippen molar-refractivity contribution >= 4 is 5.69 Å². The number of rotatable bonds is 1. The van der Waals surface area contributed by atoms with Crippen molar-refractivity contribution in [1.82, 2.24) is 4.57 Å². The van der Waals surface area contributed by atoms with Gasteiger partial charge in [0, 0.05) is 13.1 Å². The third-order valence-electron chi connectivity index (χ3n) is 1.72. The Balaban J connectivity index is 3.11. The van der Waals surface area contributed by atoms with Crippen molar-refractivity contribution in [2.45, 2.75) is 26.4 Å². The molecule has 0 atom stereocenters. The minimum absolute atomic E-state index is 0.313. The molecule has 0 amide bonds. The van der Waals surface area contributed by atoms with Crippen LogP contribution in [0.2, 0.25) is 0 Å². The molecular weight excluding hydrogens is 178 g/mol. The van der Waals surface area contributed by atoms with E-state index in [-0.39, 0.29) is 5.60 Å². The maximum atomic E-state index is 8.77. The van der Waals surface area contributed by atoms with Crippen molar-refractivity contribution in [3.05, 3.63) is 11.8 Å². The number of nitrogens with zero attached hydrogens (tertiary/aromatic N) is 2. The first-order chi connectivity index (χ1) is 6.35. The summed E-state index contributed by atoms with van der Waals surface area (Å²) in [5.74, 6) is 0.550. The van der Waals surface area contributed by atoms with Crippen molar-refractivity contribution < 1.29 is 4.74 Å². The van der Waals surface area contributed by atoms with E-state index in [4.69, 9.17) is 15.7 Å². The monoisotopic (exact) mass is 193 g/mol. The Kier molecular flexibility index (Phi) is 2.43. The van der Waals surface area contributed by atoms with Crippen molar-refractivity contribution in [1.29, 1.82) is 5.26 Å². The van der Waals surface area contributed by atoms with Gasteiger partial charge in [-0.3, -0.25) is 0 Å². The molecule has 0 bridgehead atoms. The van der Waals surface area contributed by atoms with Crippen molar-refractivity contribution in [2.24, 2.45) is 7.05 Å². The van der Waals surface area contributed by atoms with E-state index in [1.54, 1.807) is 17.7 Å². The molecule has 1 rings (SSSR count). The highest BCUT2D eigenvalue weighted by Gasteiger charge is 2.18. The van der Waals surface area contributed by atoms with Crippen LogP contribution in [0.5, 0.6) is 5.88 Å². The van der Waals surface area contributed by atoms with Gasteiger partial charge in [0.25, 0.3) is 0 Å². The summed E-state index contributed by atoms with van der Waals surface area (Å²) in [6.07, 6.45) is 0. The first-order valence-electron chi connectivity index (χ1n) is 4.39. The van der Waals surface area contributed by atoms with Crippen LogP contribution in [0.25, 0.3) is 0 Å². The molecule has 0 saturated carbocycles. The summed E-state index contributed by atoms with van der Waals surface area (Å²) in [4.78, 5) is 0. The average molecular weight is 193 g/mol. The summed E-state index contributed by atoms with van der Waals surface area (Å²) >= 11 is 0. The summed E-state index contributed by atoms with van der Waals surface area (Å²) < 4.78 is 7.29. The van der Waals surface area contributed by atoms with Gasteiger partial charge >= 0.3 is 0 Å². The van der Waals surface area contributed by atoms with Gasteiger partial charge < -0.3 is 15.0 Å². The molecule has 0 fully saturated rings. The van der Waals surface area contributed by atoms with E-state index in [2.05, 4.69) is 0 Å². The Morgan fingerprint density at radius 2 is 2.07 bits per heavy atom. The fraction of sp³-hybridized carbons (Fsp3) is 0.500. The molecule has 76 valence electrons. The average Bonchev–Trinajstić information content (AvgIpc) is 2.29. The first kappa shape index (κ1) is 10.5. The van der Waals surface area contributed by atoms with Gasteiger partial charge in [0.05, 0.1) is 5.69 Å². The highest BCUT2D eigenvalue weighted by atomic mass is 16.5. The van der Waals surface area contributed by atoms with Crippen molar-refractivity contribution in [3.8, 4) is 11.9 Å². The van der Waals surface area contributed by atoms with E-state index in [0.29, 0.717) is 17.3 Å². The second kappa shape index (κ2) is 3.26. The smallest absolute Gasteiger partial charge is 0.218 e. The van der Waals surface area contributed by atoms with Crippen LogP contribution in [0.15, 0.2) is 6.07 Å². The maximum Gasteiger partial charge on any atom is 0.218 e. The quantitative estimate of drug-likeness (QED) is 0.737. The summed E-state index contributed by atoms with van der Waals surface area (Å²) in [7, 11) is 1.76. The predicted molar refractivity (Wildman–Crippen MR) is 54.9 cm³/mol. The van der Waals surface area contributed by atoms with Gasteiger partial charge in [-0.05, 0) is 20.8 Å². The molecule has 0 aromatic carbocycles. The zero-order valence-corrected chi connectivity index (χ0v) is 8.96. The second-order valence-corrected chi connectivity index (χ2v) is 4.18. The van der Waals surface area contributed by atoms with Crippen LogP contribution in [-0.2, 0) is 7.05 Å². The minimum atomic E-state index is -0.313. The number of aromatic nitrogens is 1. The van der Waals surface area contributed by atoms with E-state index >= 15 is 0 Å². The van der Waals surface area contributed by atoms with E-state index in [9.17, 15) is 0 Å². The first-order valence-corrected chi connectivity index (χ1v) is 4.39. The number of ether oxygens (including phenoxy) is 1. The lowest BCUT2D eigenvalue weighted by Gasteiger charge is -2.22. The number of nitriles is 1. The number of hydrogen-bond acceptors (Lipinski definition) is 3. The van der Waals surface area contributed by atoms with Gasteiger partial charge in [-0.25, -0.2) is 0 Å². The molecule has 4 nitrogen and oxygen atoms in total. The van der Waals surface area contributed by atoms with E-state index in [1.165, 1.54) is 0 Å².